The summed E-state index contributed by atoms with van der Waals surface area (Å²) in [6.07, 6.45) is 0.132. The molecule has 1 heterocycles. The van der Waals surface area contributed by atoms with Crippen molar-refractivity contribution >= 4 is 23.4 Å². The van der Waals surface area contributed by atoms with E-state index in [0.29, 0.717) is 11.4 Å². The van der Waals surface area contributed by atoms with Crippen LogP contribution in [0.4, 0.5) is 5.69 Å². The molecular weight excluding hydrogens is 308 g/mol. The fourth-order valence-corrected chi connectivity index (χ4v) is 2.43. The van der Waals surface area contributed by atoms with Gasteiger partial charge in [0.25, 0.3) is 11.8 Å². The van der Waals surface area contributed by atoms with Crippen LogP contribution < -0.4 is 15.4 Å². The Morgan fingerprint density at radius 1 is 1.08 bits per heavy atom. The molecule has 6 heteroatoms. The summed E-state index contributed by atoms with van der Waals surface area (Å²) in [4.78, 5) is 35.4. The van der Waals surface area contributed by atoms with E-state index >= 15 is 0 Å². The van der Waals surface area contributed by atoms with Crippen LogP contribution >= 0.6 is 0 Å². The van der Waals surface area contributed by atoms with Crippen molar-refractivity contribution in [1.82, 2.24) is 5.32 Å². The Morgan fingerprint density at radius 3 is 2.58 bits per heavy atom. The third kappa shape index (κ3) is 3.27. The second kappa shape index (κ2) is 6.54. The first-order valence-corrected chi connectivity index (χ1v) is 7.52. The molecule has 24 heavy (non-hydrogen) atoms. The lowest BCUT2D eigenvalue weighted by molar-refractivity contribution is -0.116. The average molecular weight is 324 g/mol. The lowest BCUT2D eigenvalue weighted by Crippen LogP contribution is -2.21. The highest BCUT2D eigenvalue weighted by molar-refractivity contribution is 6.24. The van der Waals surface area contributed by atoms with E-state index in [1.54, 1.807) is 18.2 Å². The van der Waals surface area contributed by atoms with Gasteiger partial charge in [0.15, 0.2) is 0 Å². The smallest absolute Gasteiger partial charge is 0.261 e. The maximum atomic E-state index is 12.0. The van der Waals surface area contributed by atoms with E-state index in [4.69, 9.17) is 4.74 Å². The Balaban J connectivity index is 1.59. The molecule has 6 nitrogen and oxygen atoms in total. The summed E-state index contributed by atoms with van der Waals surface area (Å²) >= 11 is 0. The molecule has 0 saturated heterocycles. The van der Waals surface area contributed by atoms with Crippen LogP contribution in [0.15, 0.2) is 42.5 Å². The van der Waals surface area contributed by atoms with Gasteiger partial charge in [-0.05, 0) is 31.2 Å². The third-order valence-electron chi connectivity index (χ3n) is 3.66. The van der Waals surface area contributed by atoms with Gasteiger partial charge in [0.2, 0.25) is 5.91 Å². The molecule has 122 valence electrons. The number of aryl methyl sites for hydroxylation is 1. The van der Waals surface area contributed by atoms with Gasteiger partial charge in [-0.3, -0.25) is 19.7 Å². The standard InChI is InChI=1S/C18H16N2O4/c1-11-5-7-12(8-6-11)24-10-9-15(21)19-14-4-2-3-13-16(14)18(23)20-17(13)22/h2-8H,9-10H2,1H3,(H,19,21)(H,20,22,23). The Hall–Kier alpha value is -3.15. The van der Waals surface area contributed by atoms with Crippen molar-refractivity contribution in [3.05, 3.63) is 59.2 Å². The van der Waals surface area contributed by atoms with Gasteiger partial charge in [-0.2, -0.15) is 0 Å². The SMILES string of the molecule is Cc1ccc(OCCC(=O)Nc2cccc3c2C(=O)NC3=O)cc1. The van der Waals surface area contributed by atoms with Gasteiger partial charge in [-0.25, -0.2) is 0 Å². The molecular formula is C18H16N2O4. The Labute approximate surface area is 138 Å². The molecule has 0 radical (unpaired) electrons. The van der Waals surface area contributed by atoms with Gasteiger partial charge < -0.3 is 10.1 Å². The highest BCUT2D eigenvalue weighted by Crippen LogP contribution is 2.24. The van der Waals surface area contributed by atoms with Crippen molar-refractivity contribution < 1.29 is 19.1 Å². The number of hydrogen-bond acceptors (Lipinski definition) is 4. The van der Waals surface area contributed by atoms with Crippen LogP contribution in [0.25, 0.3) is 0 Å². The Kier molecular flexibility index (Phi) is 4.29. The molecule has 0 aromatic heterocycles. The number of imide groups is 1. The van der Waals surface area contributed by atoms with Gasteiger partial charge in [-0.15, -0.1) is 0 Å². The number of ether oxygens (including phenoxy) is 1. The monoisotopic (exact) mass is 324 g/mol. The van der Waals surface area contributed by atoms with Crippen LogP contribution in [0, 0.1) is 6.92 Å². The number of hydrogen-bond donors (Lipinski definition) is 2. The summed E-state index contributed by atoms with van der Waals surface area (Å²) in [5.41, 5.74) is 1.94. The van der Waals surface area contributed by atoms with Gasteiger partial charge in [-0.1, -0.05) is 23.8 Å². The summed E-state index contributed by atoms with van der Waals surface area (Å²) in [6, 6.07) is 12.3. The quantitative estimate of drug-likeness (QED) is 0.827. The van der Waals surface area contributed by atoms with E-state index in [2.05, 4.69) is 10.6 Å². The summed E-state index contributed by atoms with van der Waals surface area (Å²) in [5, 5.41) is 4.87. The molecule has 0 bridgehead atoms. The normalized spacial score (nSPS) is 12.5. The molecule has 1 aliphatic heterocycles. The first kappa shape index (κ1) is 15.7. The summed E-state index contributed by atoms with van der Waals surface area (Å²) in [7, 11) is 0. The number of fused-ring (bicyclic) bond motifs is 1. The summed E-state index contributed by atoms with van der Waals surface area (Å²) in [5.74, 6) is -0.544. The minimum absolute atomic E-state index is 0.132. The summed E-state index contributed by atoms with van der Waals surface area (Å²) in [6.45, 7) is 2.20. The van der Waals surface area contributed by atoms with Crippen LogP contribution in [-0.4, -0.2) is 24.3 Å². The largest absolute Gasteiger partial charge is 0.493 e. The zero-order chi connectivity index (χ0) is 17.1. The van der Waals surface area contributed by atoms with E-state index in [-0.39, 0.29) is 30.1 Å². The number of rotatable bonds is 5. The molecule has 0 fully saturated rings. The van der Waals surface area contributed by atoms with E-state index in [9.17, 15) is 14.4 Å². The maximum absolute atomic E-state index is 12.0. The number of nitrogens with one attached hydrogen (secondary N) is 2. The molecule has 0 spiro atoms. The number of amides is 3. The number of anilines is 1. The Bertz CT molecular complexity index is 812. The second-order valence-electron chi connectivity index (χ2n) is 5.47. The summed E-state index contributed by atoms with van der Waals surface area (Å²) < 4.78 is 5.51. The first-order valence-electron chi connectivity index (χ1n) is 7.52. The van der Waals surface area contributed by atoms with E-state index in [0.717, 1.165) is 5.56 Å². The molecule has 0 aliphatic carbocycles. The van der Waals surface area contributed by atoms with Gasteiger partial charge in [0.05, 0.1) is 29.8 Å². The third-order valence-corrected chi connectivity index (χ3v) is 3.66. The fraction of sp³-hybridized carbons (Fsp3) is 0.167. The molecule has 1 aliphatic rings. The number of carbonyl (C=O) groups is 3. The van der Waals surface area contributed by atoms with E-state index in [1.807, 2.05) is 31.2 Å². The zero-order valence-electron chi connectivity index (χ0n) is 13.1. The van der Waals surface area contributed by atoms with Crippen LogP contribution in [0.1, 0.15) is 32.7 Å². The Morgan fingerprint density at radius 2 is 1.83 bits per heavy atom. The first-order chi connectivity index (χ1) is 11.5. The fourth-order valence-electron chi connectivity index (χ4n) is 2.43. The highest BCUT2D eigenvalue weighted by atomic mass is 16.5. The van der Waals surface area contributed by atoms with E-state index < -0.39 is 11.8 Å². The minimum Gasteiger partial charge on any atom is -0.493 e. The molecule has 0 saturated carbocycles. The zero-order valence-corrected chi connectivity index (χ0v) is 13.1. The van der Waals surface area contributed by atoms with E-state index in [1.165, 1.54) is 0 Å². The van der Waals surface area contributed by atoms with Crippen molar-refractivity contribution in [3.8, 4) is 5.75 Å². The average Bonchev–Trinajstić information content (AvgIpc) is 2.85. The van der Waals surface area contributed by atoms with Gasteiger partial charge in [0, 0.05) is 0 Å². The van der Waals surface area contributed by atoms with Crippen molar-refractivity contribution in [1.29, 1.82) is 0 Å². The predicted octanol–water partition coefficient (Wildman–Crippen LogP) is 2.29. The van der Waals surface area contributed by atoms with Gasteiger partial charge in [0.1, 0.15) is 5.75 Å². The van der Waals surface area contributed by atoms with Crippen LogP contribution in [0.5, 0.6) is 5.75 Å². The molecule has 3 rings (SSSR count). The number of carbonyl (C=O) groups excluding carboxylic acids is 3. The van der Waals surface area contributed by atoms with Crippen LogP contribution in [0.3, 0.4) is 0 Å². The highest BCUT2D eigenvalue weighted by Gasteiger charge is 2.29. The number of benzene rings is 2. The van der Waals surface area contributed by atoms with Crippen molar-refractivity contribution in [2.45, 2.75) is 13.3 Å². The molecule has 2 N–H and O–H groups in total. The topological polar surface area (TPSA) is 84.5 Å². The van der Waals surface area contributed by atoms with Crippen molar-refractivity contribution in [3.63, 3.8) is 0 Å². The van der Waals surface area contributed by atoms with Gasteiger partial charge >= 0.3 is 0 Å². The molecule has 0 unspecified atom stereocenters. The molecule has 2 aromatic rings. The van der Waals surface area contributed by atoms with Crippen molar-refractivity contribution in [2.75, 3.05) is 11.9 Å². The molecule has 0 atom stereocenters. The lowest BCUT2D eigenvalue weighted by atomic mass is 10.1. The lowest BCUT2D eigenvalue weighted by Gasteiger charge is -2.09. The van der Waals surface area contributed by atoms with Crippen LogP contribution in [-0.2, 0) is 4.79 Å². The van der Waals surface area contributed by atoms with Crippen LogP contribution in [0.2, 0.25) is 0 Å². The molecule has 3 amide bonds. The predicted molar refractivity (Wildman–Crippen MR) is 88.2 cm³/mol. The molecule has 2 aromatic carbocycles. The minimum atomic E-state index is -0.498. The maximum Gasteiger partial charge on any atom is 0.261 e. The second-order valence-corrected chi connectivity index (χ2v) is 5.47. The van der Waals surface area contributed by atoms with Crippen molar-refractivity contribution in [2.24, 2.45) is 0 Å².